The van der Waals surface area contributed by atoms with E-state index >= 15 is 0 Å². The van der Waals surface area contributed by atoms with Crippen molar-refractivity contribution in [3.05, 3.63) is 68.4 Å². The minimum absolute atomic E-state index is 0.0246. The topological polar surface area (TPSA) is 91.3 Å². The second-order valence-electron chi connectivity index (χ2n) is 4.65. The molecule has 0 radical (unpaired) electrons. The maximum atomic E-state index is 11.0. The highest BCUT2D eigenvalue weighted by Gasteiger charge is 2.17. The molecule has 7 nitrogen and oxygen atoms in total. The summed E-state index contributed by atoms with van der Waals surface area (Å²) < 4.78 is 10.5. The molecule has 122 valence electrons. The number of halogens is 2. The summed E-state index contributed by atoms with van der Waals surface area (Å²) in [6.45, 7) is -0.116. The Morgan fingerprint density at radius 1 is 1.21 bits per heavy atom. The molecule has 0 aliphatic carbocycles. The van der Waals surface area contributed by atoms with Crippen LogP contribution in [0.15, 0.2) is 47.0 Å². The van der Waals surface area contributed by atoms with Gasteiger partial charge in [0.1, 0.15) is 0 Å². The fourth-order valence-electron chi connectivity index (χ4n) is 1.95. The van der Waals surface area contributed by atoms with Crippen molar-refractivity contribution < 1.29 is 14.2 Å². The van der Waals surface area contributed by atoms with Crippen LogP contribution in [-0.2, 0) is 6.61 Å². The molecule has 0 saturated carbocycles. The van der Waals surface area contributed by atoms with Crippen molar-refractivity contribution in [3.63, 3.8) is 0 Å². The average molecular weight is 366 g/mol. The van der Waals surface area contributed by atoms with Gasteiger partial charge in [-0.25, -0.2) is 0 Å². The number of aromatic nitrogens is 2. The van der Waals surface area contributed by atoms with Gasteiger partial charge in [0.2, 0.25) is 5.82 Å². The van der Waals surface area contributed by atoms with Crippen LogP contribution in [0.1, 0.15) is 5.82 Å². The van der Waals surface area contributed by atoms with Crippen LogP contribution >= 0.6 is 23.2 Å². The average Bonchev–Trinajstić information content (AvgIpc) is 3.02. The van der Waals surface area contributed by atoms with Gasteiger partial charge in [0.15, 0.2) is 12.4 Å². The second kappa shape index (κ2) is 6.86. The van der Waals surface area contributed by atoms with Gasteiger partial charge in [0.05, 0.1) is 15.5 Å². The normalized spacial score (nSPS) is 10.6. The van der Waals surface area contributed by atoms with Crippen LogP contribution in [0.2, 0.25) is 10.0 Å². The molecule has 0 unspecified atom stereocenters. The van der Waals surface area contributed by atoms with Gasteiger partial charge < -0.3 is 9.26 Å². The second-order valence-corrected chi connectivity index (χ2v) is 5.50. The molecule has 0 saturated heterocycles. The number of rotatable bonds is 5. The van der Waals surface area contributed by atoms with E-state index in [0.717, 1.165) is 0 Å². The van der Waals surface area contributed by atoms with Crippen molar-refractivity contribution in [2.45, 2.75) is 6.61 Å². The minimum Gasteiger partial charge on any atom is -0.478 e. The highest BCUT2D eigenvalue weighted by molar-refractivity contribution is 6.33. The van der Waals surface area contributed by atoms with Gasteiger partial charge in [0.25, 0.3) is 5.89 Å². The first-order chi connectivity index (χ1) is 11.5. The van der Waals surface area contributed by atoms with Crippen molar-refractivity contribution in [2.75, 3.05) is 0 Å². The van der Waals surface area contributed by atoms with Gasteiger partial charge in [-0.05, 0) is 18.2 Å². The molecule has 0 N–H and O–H groups in total. The molecule has 9 heteroatoms. The third-order valence-electron chi connectivity index (χ3n) is 3.05. The summed E-state index contributed by atoms with van der Waals surface area (Å²) in [5.41, 5.74) is 0.390. The molecular formula is C15H9Cl2N3O4. The zero-order valence-corrected chi connectivity index (χ0v) is 13.5. The van der Waals surface area contributed by atoms with Crippen molar-refractivity contribution in [1.82, 2.24) is 10.1 Å². The number of benzene rings is 2. The molecule has 0 spiro atoms. The maximum Gasteiger partial charge on any atom is 0.311 e. The molecule has 3 rings (SSSR count). The van der Waals surface area contributed by atoms with Crippen LogP contribution in [0.5, 0.6) is 5.75 Å². The fraction of sp³-hybridized carbons (Fsp3) is 0.0667. The van der Waals surface area contributed by atoms with Crippen molar-refractivity contribution in [1.29, 1.82) is 0 Å². The summed E-state index contributed by atoms with van der Waals surface area (Å²) in [6, 6.07) is 11.0. The summed E-state index contributed by atoms with van der Waals surface area (Å²) in [6.07, 6.45) is 0. The summed E-state index contributed by atoms with van der Waals surface area (Å²) >= 11 is 11.9. The Bertz CT molecular complexity index is 898. The third kappa shape index (κ3) is 3.47. The monoisotopic (exact) mass is 365 g/mol. The molecule has 0 atom stereocenters. The van der Waals surface area contributed by atoms with Crippen LogP contribution in [0.3, 0.4) is 0 Å². The van der Waals surface area contributed by atoms with Gasteiger partial charge in [-0.2, -0.15) is 4.98 Å². The number of ether oxygens (including phenoxy) is 1. The van der Waals surface area contributed by atoms with E-state index in [0.29, 0.717) is 15.6 Å². The largest absolute Gasteiger partial charge is 0.478 e. The Morgan fingerprint density at radius 3 is 2.75 bits per heavy atom. The maximum absolute atomic E-state index is 11.0. The van der Waals surface area contributed by atoms with E-state index in [9.17, 15) is 10.1 Å². The van der Waals surface area contributed by atoms with Crippen LogP contribution in [0.4, 0.5) is 5.69 Å². The van der Waals surface area contributed by atoms with E-state index in [-0.39, 0.29) is 29.8 Å². The summed E-state index contributed by atoms with van der Waals surface area (Å²) in [5.74, 6) is 0.482. The molecule has 24 heavy (non-hydrogen) atoms. The van der Waals surface area contributed by atoms with E-state index in [1.807, 2.05) is 0 Å². The molecule has 0 aliphatic rings. The zero-order chi connectivity index (χ0) is 17.1. The van der Waals surface area contributed by atoms with Crippen LogP contribution in [0.25, 0.3) is 11.5 Å². The molecule has 1 aromatic heterocycles. The first-order valence-electron chi connectivity index (χ1n) is 6.69. The number of hydrogen-bond donors (Lipinski definition) is 0. The molecule has 1 heterocycles. The van der Waals surface area contributed by atoms with E-state index in [4.69, 9.17) is 32.5 Å². The van der Waals surface area contributed by atoms with E-state index in [1.165, 1.54) is 18.2 Å². The lowest BCUT2D eigenvalue weighted by Crippen LogP contribution is -2.00. The Morgan fingerprint density at radius 2 is 2.00 bits per heavy atom. The van der Waals surface area contributed by atoms with Gasteiger partial charge >= 0.3 is 5.69 Å². The highest BCUT2D eigenvalue weighted by atomic mass is 35.5. The van der Waals surface area contributed by atoms with E-state index < -0.39 is 4.92 Å². The van der Waals surface area contributed by atoms with Crippen molar-refractivity contribution >= 4 is 28.9 Å². The Balaban J connectivity index is 1.78. The zero-order valence-electron chi connectivity index (χ0n) is 12.0. The summed E-state index contributed by atoms with van der Waals surface area (Å²) in [4.78, 5) is 14.6. The smallest absolute Gasteiger partial charge is 0.311 e. The van der Waals surface area contributed by atoms with E-state index in [1.54, 1.807) is 24.3 Å². The first-order valence-corrected chi connectivity index (χ1v) is 7.44. The van der Waals surface area contributed by atoms with Crippen LogP contribution < -0.4 is 4.74 Å². The molecule has 3 aromatic rings. The molecule has 0 fully saturated rings. The molecule has 2 aromatic carbocycles. The number of hydrogen-bond acceptors (Lipinski definition) is 6. The van der Waals surface area contributed by atoms with Gasteiger partial charge in [-0.3, -0.25) is 10.1 Å². The van der Waals surface area contributed by atoms with Crippen molar-refractivity contribution in [2.24, 2.45) is 0 Å². The quantitative estimate of drug-likeness (QED) is 0.487. The summed E-state index contributed by atoms with van der Waals surface area (Å²) in [7, 11) is 0. The van der Waals surface area contributed by atoms with Gasteiger partial charge in [-0.15, -0.1) is 0 Å². The molecule has 0 aliphatic heterocycles. The lowest BCUT2D eigenvalue weighted by molar-refractivity contribution is -0.385. The molecule has 0 amide bonds. The Labute approximate surface area is 145 Å². The Kier molecular flexibility index (Phi) is 4.64. The number of nitro groups is 1. The predicted octanol–water partition coefficient (Wildman–Crippen LogP) is 4.53. The highest BCUT2D eigenvalue weighted by Crippen LogP contribution is 2.31. The predicted molar refractivity (Wildman–Crippen MR) is 87.2 cm³/mol. The lowest BCUT2D eigenvalue weighted by Gasteiger charge is -2.04. The van der Waals surface area contributed by atoms with Gasteiger partial charge in [0, 0.05) is 17.2 Å². The fourth-order valence-corrected chi connectivity index (χ4v) is 2.33. The lowest BCUT2D eigenvalue weighted by atomic mass is 10.2. The standard InChI is InChI=1S/C15H9Cl2N3O4/c16-9-5-6-12(20(21)22)13(7-9)23-8-14-18-15(24-19-14)10-3-1-2-4-11(10)17/h1-7H,8H2. The van der Waals surface area contributed by atoms with E-state index in [2.05, 4.69) is 10.1 Å². The molecule has 0 bridgehead atoms. The molecular weight excluding hydrogens is 357 g/mol. The van der Waals surface area contributed by atoms with Crippen LogP contribution in [-0.4, -0.2) is 15.1 Å². The minimum atomic E-state index is -0.558. The van der Waals surface area contributed by atoms with Gasteiger partial charge in [-0.1, -0.05) is 40.5 Å². The number of nitrogens with zero attached hydrogens (tertiary/aromatic N) is 3. The SMILES string of the molecule is O=[N+]([O-])c1ccc(Cl)cc1OCc1noc(-c2ccccc2Cl)n1. The first kappa shape index (κ1) is 16.2. The van der Waals surface area contributed by atoms with Crippen LogP contribution in [0, 0.1) is 10.1 Å². The summed E-state index contributed by atoms with van der Waals surface area (Å²) in [5, 5.41) is 15.6. The van der Waals surface area contributed by atoms with Crippen molar-refractivity contribution in [3.8, 4) is 17.2 Å². The Hall–Kier alpha value is -2.64. The third-order valence-corrected chi connectivity index (χ3v) is 3.61. The number of nitro benzene ring substituents is 1.